The summed E-state index contributed by atoms with van der Waals surface area (Å²) in [5.41, 5.74) is 3.14. The van der Waals surface area contributed by atoms with E-state index >= 15 is 0 Å². The molecule has 0 fully saturated rings. The van der Waals surface area contributed by atoms with Crippen molar-refractivity contribution in [1.82, 2.24) is 10.2 Å². The molecule has 0 unspecified atom stereocenters. The molecule has 1 aromatic carbocycles. The molecule has 0 radical (unpaired) electrons. The first kappa shape index (κ1) is 10.7. The van der Waals surface area contributed by atoms with Gasteiger partial charge in [-0.1, -0.05) is 37.6 Å². The van der Waals surface area contributed by atoms with Crippen LogP contribution in [-0.2, 0) is 6.42 Å². The van der Waals surface area contributed by atoms with Crippen LogP contribution in [0, 0.1) is 0 Å². The molecule has 0 aliphatic heterocycles. The molecule has 2 rings (SSSR count). The second-order valence-corrected chi connectivity index (χ2v) is 3.97. The smallest absolute Gasteiger partial charge is 0.264 e. The number of rotatable bonds is 4. The Morgan fingerprint density at radius 1 is 1.12 bits per heavy atom. The van der Waals surface area contributed by atoms with E-state index in [9.17, 15) is 4.79 Å². The fourth-order valence-electron chi connectivity index (χ4n) is 1.72. The van der Waals surface area contributed by atoms with Gasteiger partial charge in [-0.2, -0.15) is 0 Å². The SMILES string of the molecule is CCCCc1ccc(-c2cc(=O)[nH][nH]2)cc1. The van der Waals surface area contributed by atoms with Crippen molar-refractivity contribution >= 4 is 0 Å². The predicted molar refractivity (Wildman–Crippen MR) is 65.5 cm³/mol. The van der Waals surface area contributed by atoms with Gasteiger partial charge in [0.1, 0.15) is 0 Å². The largest absolute Gasteiger partial charge is 0.298 e. The topological polar surface area (TPSA) is 48.6 Å². The highest BCUT2D eigenvalue weighted by Crippen LogP contribution is 2.16. The van der Waals surface area contributed by atoms with Crippen molar-refractivity contribution in [2.45, 2.75) is 26.2 Å². The van der Waals surface area contributed by atoms with E-state index in [4.69, 9.17) is 0 Å². The lowest BCUT2D eigenvalue weighted by molar-refractivity contribution is 0.795. The molecule has 3 nitrogen and oxygen atoms in total. The standard InChI is InChI=1S/C13H16N2O/c1-2-3-4-10-5-7-11(8-6-10)12-9-13(16)15-14-12/h5-9H,2-4H2,1H3,(H2,14,15,16). The lowest BCUT2D eigenvalue weighted by Crippen LogP contribution is -1.93. The summed E-state index contributed by atoms with van der Waals surface area (Å²) in [5, 5.41) is 5.38. The van der Waals surface area contributed by atoms with Gasteiger partial charge in [0.2, 0.25) is 0 Å². The molecule has 0 spiro atoms. The number of H-pyrrole nitrogens is 2. The van der Waals surface area contributed by atoms with Gasteiger partial charge in [0.15, 0.2) is 0 Å². The minimum atomic E-state index is -0.0925. The van der Waals surface area contributed by atoms with Crippen LogP contribution in [0.3, 0.4) is 0 Å². The number of nitrogens with one attached hydrogen (secondary N) is 2. The van der Waals surface area contributed by atoms with Crippen LogP contribution in [-0.4, -0.2) is 10.2 Å². The zero-order valence-electron chi connectivity index (χ0n) is 9.42. The van der Waals surface area contributed by atoms with E-state index in [2.05, 4.69) is 29.3 Å². The van der Waals surface area contributed by atoms with Crippen LogP contribution in [0.5, 0.6) is 0 Å². The number of unbranched alkanes of at least 4 members (excludes halogenated alkanes) is 1. The van der Waals surface area contributed by atoms with Crippen LogP contribution in [0.1, 0.15) is 25.3 Å². The van der Waals surface area contributed by atoms with E-state index in [-0.39, 0.29) is 5.56 Å². The molecule has 0 saturated heterocycles. The third kappa shape index (κ3) is 2.42. The van der Waals surface area contributed by atoms with Gasteiger partial charge in [0, 0.05) is 6.07 Å². The van der Waals surface area contributed by atoms with Gasteiger partial charge in [-0.25, -0.2) is 0 Å². The molecule has 3 heteroatoms. The van der Waals surface area contributed by atoms with Crippen LogP contribution >= 0.6 is 0 Å². The van der Waals surface area contributed by atoms with Crippen molar-refractivity contribution in [2.75, 3.05) is 0 Å². The summed E-state index contributed by atoms with van der Waals surface area (Å²) in [6.45, 7) is 2.19. The molecule has 16 heavy (non-hydrogen) atoms. The number of aromatic amines is 2. The van der Waals surface area contributed by atoms with E-state index in [1.54, 1.807) is 6.07 Å². The van der Waals surface area contributed by atoms with Crippen LogP contribution in [0.2, 0.25) is 0 Å². The molecule has 1 heterocycles. The molecule has 0 atom stereocenters. The van der Waals surface area contributed by atoms with E-state index in [0.717, 1.165) is 17.7 Å². The van der Waals surface area contributed by atoms with Crippen molar-refractivity contribution < 1.29 is 0 Å². The molecular formula is C13H16N2O. The highest BCUT2D eigenvalue weighted by Gasteiger charge is 2.00. The van der Waals surface area contributed by atoms with E-state index < -0.39 is 0 Å². The Hall–Kier alpha value is -1.77. The van der Waals surface area contributed by atoms with Crippen LogP contribution in [0.15, 0.2) is 35.1 Å². The zero-order valence-corrected chi connectivity index (χ0v) is 9.42. The maximum atomic E-state index is 11.0. The number of benzene rings is 1. The average Bonchev–Trinajstić information content (AvgIpc) is 2.74. The van der Waals surface area contributed by atoms with Crippen molar-refractivity contribution in [3.05, 3.63) is 46.2 Å². The van der Waals surface area contributed by atoms with Gasteiger partial charge in [0.05, 0.1) is 5.69 Å². The second-order valence-electron chi connectivity index (χ2n) is 3.97. The molecular weight excluding hydrogens is 200 g/mol. The monoisotopic (exact) mass is 216 g/mol. The summed E-state index contributed by atoms with van der Waals surface area (Å²) in [4.78, 5) is 11.0. The van der Waals surface area contributed by atoms with Gasteiger partial charge in [-0.3, -0.25) is 15.0 Å². The van der Waals surface area contributed by atoms with Crippen LogP contribution in [0.25, 0.3) is 11.3 Å². The first-order valence-electron chi connectivity index (χ1n) is 5.66. The van der Waals surface area contributed by atoms with Crippen LogP contribution in [0.4, 0.5) is 0 Å². The maximum Gasteiger partial charge on any atom is 0.264 e. The number of hydrogen-bond donors (Lipinski definition) is 2. The molecule has 1 aromatic heterocycles. The Bertz CT molecular complexity index is 493. The summed E-state index contributed by atoms with van der Waals surface area (Å²) < 4.78 is 0. The number of hydrogen-bond acceptors (Lipinski definition) is 1. The first-order chi connectivity index (χ1) is 7.79. The minimum Gasteiger partial charge on any atom is -0.298 e. The third-order valence-electron chi connectivity index (χ3n) is 2.68. The van der Waals surface area contributed by atoms with E-state index in [0.29, 0.717) is 0 Å². The van der Waals surface area contributed by atoms with Crippen molar-refractivity contribution in [1.29, 1.82) is 0 Å². The summed E-state index contributed by atoms with van der Waals surface area (Å²) in [5.74, 6) is 0. The predicted octanol–water partition coefficient (Wildman–Crippen LogP) is 2.71. The quantitative estimate of drug-likeness (QED) is 0.811. The fraction of sp³-hybridized carbons (Fsp3) is 0.308. The lowest BCUT2D eigenvalue weighted by Gasteiger charge is -2.01. The van der Waals surface area contributed by atoms with E-state index in [1.807, 2.05) is 12.1 Å². The second kappa shape index (κ2) is 4.84. The lowest BCUT2D eigenvalue weighted by atomic mass is 10.1. The highest BCUT2D eigenvalue weighted by molar-refractivity contribution is 5.58. The Balaban J connectivity index is 2.16. The van der Waals surface area contributed by atoms with E-state index in [1.165, 1.54) is 18.4 Å². The Morgan fingerprint density at radius 2 is 1.88 bits per heavy atom. The summed E-state index contributed by atoms with van der Waals surface area (Å²) in [6.07, 6.45) is 3.56. The molecule has 0 aliphatic rings. The summed E-state index contributed by atoms with van der Waals surface area (Å²) >= 11 is 0. The molecule has 84 valence electrons. The molecule has 0 amide bonds. The van der Waals surface area contributed by atoms with Crippen LogP contribution < -0.4 is 5.56 Å². The summed E-state index contributed by atoms with van der Waals surface area (Å²) in [7, 11) is 0. The molecule has 0 saturated carbocycles. The van der Waals surface area contributed by atoms with Crippen molar-refractivity contribution in [3.8, 4) is 11.3 Å². The van der Waals surface area contributed by atoms with Gasteiger partial charge in [-0.15, -0.1) is 0 Å². The minimum absolute atomic E-state index is 0.0925. The molecule has 0 bridgehead atoms. The third-order valence-corrected chi connectivity index (χ3v) is 2.68. The fourth-order valence-corrected chi connectivity index (χ4v) is 1.72. The average molecular weight is 216 g/mol. The van der Waals surface area contributed by atoms with Crippen molar-refractivity contribution in [3.63, 3.8) is 0 Å². The Kier molecular flexibility index (Phi) is 3.25. The van der Waals surface area contributed by atoms with Crippen molar-refractivity contribution in [2.24, 2.45) is 0 Å². The Morgan fingerprint density at radius 3 is 2.44 bits per heavy atom. The number of aryl methyl sites for hydroxylation is 1. The summed E-state index contributed by atoms with van der Waals surface area (Å²) in [6, 6.07) is 9.90. The molecule has 0 aliphatic carbocycles. The molecule has 2 N–H and O–H groups in total. The molecule has 2 aromatic rings. The normalized spacial score (nSPS) is 10.6. The number of aromatic nitrogens is 2. The zero-order chi connectivity index (χ0) is 11.4. The van der Waals surface area contributed by atoms with Gasteiger partial charge in [-0.05, 0) is 24.0 Å². The Labute approximate surface area is 94.5 Å². The van der Waals surface area contributed by atoms with Gasteiger partial charge in [0.25, 0.3) is 5.56 Å². The first-order valence-corrected chi connectivity index (χ1v) is 5.66. The highest BCUT2D eigenvalue weighted by atomic mass is 16.1. The van der Waals surface area contributed by atoms with Gasteiger partial charge < -0.3 is 0 Å². The van der Waals surface area contributed by atoms with Gasteiger partial charge >= 0.3 is 0 Å². The maximum absolute atomic E-state index is 11.0.